The Balaban J connectivity index is 1.68. The van der Waals surface area contributed by atoms with Crippen LogP contribution in [0.15, 0.2) is 24.3 Å². The third-order valence-corrected chi connectivity index (χ3v) is 3.45. The highest BCUT2D eigenvalue weighted by Crippen LogP contribution is 2.16. The zero-order valence-electron chi connectivity index (χ0n) is 12.3. The number of benzene rings is 1. The first-order valence-electron chi connectivity index (χ1n) is 7.41. The van der Waals surface area contributed by atoms with E-state index in [1.807, 2.05) is 12.1 Å². The summed E-state index contributed by atoms with van der Waals surface area (Å²) < 4.78 is 16.4. The normalized spacial score (nSPS) is 18.9. The van der Waals surface area contributed by atoms with Crippen LogP contribution in [0.1, 0.15) is 24.8 Å². The second-order valence-electron chi connectivity index (χ2n) is 5.11. The van der Waals surface area contributed by atoms with Crippen LogP contribution < -0.4 is 10.1 Å². The summed E-state index contributed by atoms with van der Waals surface area (Å²) in [5.41, 5.74) is 1.25. The van der Waals surface area contributed by atoms with Gasteiger partial charge in [-0.3, -0.25) is 0 Å². The monoisotopic (exact) mass is 279 g/mol. The SMILES string of the molecule is COCCNCc1ccc(OCC2CCCCO2)cc1. The Hall–Kier alpha value is -1.10. The van der Waals surface area contributed by atoms with Crippen LogP contribution in [0.5, 0.6) is 5.75 Å². The van der Waals surface area contributed by atoms with Crippen LogP contribution in [-0.2, 0) is 16.0 Å². The highest BCUT2D eigenvalue weighted by Gasteiger charge is 2.14. The van der Waals surface area contributed by atoms with Crippen molar-refractivity contribution in [2.75, 3.05) is 33.5 Å². The Bertz CT molecular complexity index is 360. The van der Waals surface area contributed by atoms with Crippen LogP contribution in [0, 0.1) is 0 Å². The first-order chi connectivity index (χ1) is 9.88. The second-order valence-corrected chi connectivity index (χ2v) is 5.11. The van der Waals surface area contributed by atoms with Gasteiger partial charge in [0.15, 0.2) is 0 Å². The lowest BCUT2D eigenvalue weighted by Gasteiger charge is -2.22. The molecule has 0 saturated carbocycles. The minimum absolute atomic E-state index is 0.263. The molecule has 0 spiro atoms. The second kappa shape index (κ2) is 8.95. The average molecular weight is 279 g/mol. The van der Waals surface area contributed by atoms with Crippen LogP contribution >= 0.6 is 0 Å². The number of hydrogen-bond acceptors (Lipinski definition) is 4. The Kier molecular flexibility index (Phi) is 6.84. The van der Waals surface area contributed by atoms with Crippen molar-refractivity contribution in [3.8, 4) is 5.75 Å². The molecule has 0 bridgehead atoms. The minimum atomic E-state index is 0.263. The number of nitrogens with one attached hydrogen (secondary N) is 1. The summed E-state index contributed by atoms with van der Waals surface area (Å²) in [7, 11) is 1.71. The average Bonchev–Trinajstić information content (AvgIpc) is 2.52. The fourth-order valence-electron chi connectivity index (χ4n) is 2.24. The molecule has 4 heteroatoms. The highest BCUT2D eigenvalue weighted by atomic mass is 16.5. The summed E-state index contributed by atoms with van der Waals surface area (Å²) in [5.74, 6) is 0.916. The maximum Gasteiger partial charge on any atom is 0.119 e. The molecule has 1 heterocycles. The lowest BCUT2D eigenvalue weighted by molar-refractivity contribution is -0.0110. The van der Waals surface area contributed by atoms with E-state index >= 15 is 0 Å². The van der Waals surface area contributed by atoms with E-state index in [4.69, 9.17) is 14.2 Å². The first kappa shape index (κ1) is 15.3. The van der Waals surface area contributed by atoms with E-state index < -0.39 is 0 Å². The first-order valence-corrected chi connectivity index (χ1v) is 7.41. The van der Waals surface area contributed by atoms with Crippen molar-refractivity contribution < 1.29 is 14.2 Å². The standard InChI is InChI=1S/C16H25NO3/c1-18-11-9-17-12-14-5-7-15(8-6-14)20-13-16-4-2-3-10-19-16/h5-8,16-17H,2-4,9-13H2,1H3. The van der Waals surface area contributed by atoms with Gasteiger partial charge < -0.3 is 19.5 Å². The van der Waals surface area contributed by atoms with E-state index in [1.165, 1.54) is 18.4 Å². The summed E-state index contributed by atoms with van der Waals surface area (Å²) in [6.07, 6.45) is 3.81. The Morgan fingerprint density at radius 3 is 2.80 bits per heavy atom. The van der Waals surface area contributed by atoms with Crippen molar-refractivity contribution >= 4 is 0 Å². The molecule has 112 valence electrons. The third-order valence-electron chi connectivity index (χ3n) is 3.45. The molecule has 1 aliphatic rings. The molecule has 4 nitrogen and oxygen atoms in total. The van der Waals surface area contributed by atoms with Gasteiger partial charge in [-0.15, -0.1) is 0 Å². The van der Waals surface area contributed by atoms with Crippen molar-refractivity contribution in [1.82, 2.24) is 5.32 Å². The highest BCUT2D eigenvalue weighted by molar-refractivity contribution is 5.27. The molecule has 1 atom stereocenters. The topological polar surface area (TPSA) is 39.7 Å². The number of ether oxygens (including phenoxy) is 3. The van der Waals surface area contributed by atoms with E-state index in [0.717, 1.165) is 38.5 Å². The van der Waals surface area contributed by atoms with Gasteiger partial charge in [-0.05, 0) is 37.0 Å². The van der Waals surface area contributed by atoms with E-state index in [1.54, 1.807) is 7.11 Å². The molecule has 0 radical (unpaired) electrons. The predicted octanol–water partition coefficient (Wildman–Crippen LogP) is 2.37. The van der Waals surface area contributed by atoms with Crippen LogP contribution in [-0.4, -0.2) is 39.6 Å². The number of hydrogen-bond donors (Lipinski definition) is 1. The molecule has 20 heavy (non-hydrogen) atoms. The zero-order chi connectivity index (χ0) is 14.0. The van der Waals surface area contributed by atoms with Gasteiger partial charge in [0.2, 0.25) is 0 Å². The molecule has 1 aromatic rings. The van der Waals surface area contributed by atoms with Crippen molar-refractivity contribution in [3.05, 3.63) is 29.8 Å². The molecule has 0 aliphatic carbocycles. The quantitative estimate of drug-likeness (QED) is 0.742. The summed E-state index contributed by atoms with van der Waals surface area (Å²) >= 11 is 0. The summed E-state index contributed by atoms with van der Waals surface area (Å²) in [6.45, 7) is 4.00. The minimum Gasteiger partial charge on any atom is -0.491 e. The summed E-state index contributed by atoms with van der Waals surface area (Å²) in [6, 6.07) is 8.24. The Labute approximate surface area is 121 Å². The van der Waals surface area contributed by atoms with Crippen LogP contribution in [0.3, 0.4) is 0 Å². The van der Waals surface area contributed by atoms with Crippen LogP contribution in [0.25, 0.3) is 0 Å². The van der Waals surface area contributed by atoms with Crippen molar-refractivity contribution in [1.29, 1.82) is 0 Å². The molecule has 0 amide bonds. The van der Waals surface area contributed by atoms with Crippen molar-refractivity contribution in [2.24, 2.45) is 0 Å². The number of rotatable bonds is 8. The van der Waals surface area contributed by atoms with Crippen molar-refractivity contribution in [2.45, 2.75) is 31.9 Å². The molecule has 2 rings (SSSR count). The van der Waals surface area contributed by atoms with Gasteiger partial charge >= 0.3 is 0 Å². The van der Waals surface area contributed by atoms with E-state index in [0.29, 0.717) is 6.61 Å². The van der Waals surface area contributed by atoms with Gasteiger partial charge in [-0.25, -0.2) is 0 Å². The van der Waals surface area contributed by atoms with Gasteiger partial charge in [0.25, 0.3) is 0 Å². The van der Waals surface area contributed by atoms with Gasteiger partial charge in [0.05, 0.1) is 12.7 Å². The molecular formula is C16H25NO3. The lowest BCUT2D eigenvalue weighted by Crippen LogP contribution is -2.25. The van der Waals surface area contributed by atoms with Crippen LogP contribution in [0.4, 0.5) is 0 Å². The van der Waals surface area contributed by atoms with Gasteiger partial charge in [0.1, 0.15) is 12.4 Å². The van der Waals surface area contributed by atoms with E-state index in [9.17, 15) is 0 Å². The van der Waals surface area contributed by atoms with Crippen molar-refractivity contribution in [3.63, 3.8) is 0 Å². The van der Waals surface area contributed by atoms with Gasteiger partial charge in [0, 0.05) is 26.8 Å². The maximum atomic E-state index is 5.78. The molecule has 1 aliphatic heterocycles. The zero-order valence-corrected chi connectivity index (χ0v) is 12.3. The van der Waals surface area contributed by atoms with E-state index in [2.05, 4.69) is 17.4 Å². The molecular weight excluding hydrogens is 254 g/mol. The lowest BCUT2D eigenvalue weighted by atomic mass is 10.1. The largest absolute Gasteiger partial charge is 0.491 e. The Morgan fingerprint density at radius 2 is 2.10 bits per heavy atom. The van der Waals surface area contributed by atoms with E-state index in [-0.39, 0.29) is 6.10 Å². The molecule has 1 saturated heterocycles. The third kappa shape index (κ3) is 5.49. The summed E-state index contributed by atoms with van der Waals surface area (Å²) in [5, 5.41) is 3.32. The molecule has 1 unspecified atom stereocenters. The Morgan fingerprint density at radius 1 is 1.25 bits per heavy atom. The van der Waals surface area contributed by atoms with Gasteiger partial charge in [-0.2, -0.15) is 0 Å². The molecule has 1 fully saturated rings. The maximum absolute atomic E-state index is 5.78. The molecule has 1 N–H and O–H groups in total. The summed E-state index contributed by atoms with van der Waals surface area (Å²) in [4.78, 5) is 0. The molecule has 0 aromatic heterocycles. The van der Waals surface area contributed by atoms with Crippen LogP contribution in [0.2, 0.25) is 0 Å². The predicted molar refractivity (Wildman–Crippen MR) is 79.1 cm³/mol. The van der Waals surface area contributed by atoms with Gasteiger partial charge in [-0.1, -0.05) is 12.1 Å². The smallest absolute Gasteiger partial charge is 0.119 e. The number of methoxy groups -OCH3 is 1. The molecule has 1 aromatic carbocycles. The fourth-order valence-corrected chi connectivity index (χ4v) is 2.24. The fraction of sp³-hybridized carbons (Fsp3) is 0.625.